The molecule has 2 aliphatic rings. The average Bonchev–Trinajstić information content (AvgIpc) is 3.09. The van der Waals surface area contributed by atoms with Crippen LogP contribution in [0.5, 0.6) is 0 Å². The van der Waals surface area contributed by atoms with Crippen molar-refractivity contribution in [2.24, 2.45) is 11.7 Å². The molecule has 0 bridgehead atoms. The van der Waals surface area contributed by atoms with Crippen LogP contribution in [0.25, 0.3) is 0 Å². The Hall–Kier alpha value is -1.63. The maximum atomic E-state index is 12.9. The Balaban J connectivity index is 0.00000300. The van der Waals surface area contributed by atoms with E-state index in [1.807, 2.05) is 17.0 Å². The van der Waals surface area contributed by atoms with Crippen LogP contribution in [0.4, 0.5) is 5.69 Å². The standard InChI is InChI=1S/C22H33N3O3.ClH/c1-16(2)17-4-6-18(7-5-17)25-14-10-20(22(25)27)21(26)24-12-8-19(9-13-24)28-15-3-11-23;/h4-7,16,19-20H,3,8-15,23H2,1-2H3;1H. The van der Waals surface area contributed by atoms with Gasteiger partial charge < -0.3 is 20.3 Å². The second-order valence-electron chi connectivity index (χ2n) is 8.12. The fraction of sp³-hybridized carbons (Fsp3) is 0.636. The maximum Gasteiger partial charge on any atom is 0.239 e. The van der Waals surface area contributed by atoms with E-state index >= 15 is 0 Å². The number of piperidine rings is 1. The van der Waals surface area contributed by atoms with Crippen LogP contribution in [0, 0.1) is 5.92 Å². The van der Waals surface area contributed by atoms with Crippen molar-refractivity contribution >= 4 is 29.9 Å². The Kier molecular flexibility index (Phi) is 8.93. The second-order valence-corrected chi connectivity index (χ2v) is 8.12. The molecule has 162 valence electrons. The number of likely N-dealkylation sites (tertiary alicyclic amines) is 1. The van der Waals surface area contributed by atoms with Gasteiger partial charge in [-0.1, -0.05) is 26.0 Å². The summed E-state index contributed by atoms with van der Waals surface area (Å²) < 4.78 is 5.81. The monoisotopic (exact) mass is 423 g/mol. The molecule has 1 atom stereocenters. The molecule has 0 radical (unpaired) electrons. The molecule has 1 aromatic carbocycles. The van der Waals surface area contributed by atoms with Crippen molar-refractivity contribution in [3.05, 3.63) is 29.8 Å². The first-order chi connectivity index (χ1) is 13.5. The number of hydrogen-bond donors (Lipinski definition) is 1. The highest BCUT2D eigenvalue weighted by molar-refractivity contribution is 6.09. The van der Waals surface area contributed by atoms with E-state index in [2.05, 4.69) is 26.0 Å². The van der Waals surface area contributed by atoms with Crippen LogP contribution in [-0.2, 0) is 14.3 Å². The zero-order chi connectivity index (χ0) is 20.1. The second kappa shape index (κ2) is 11.0. The Bertz CT molecular complexity index is 672. The minimum atomic E-state index is -0.542. The predicted molar refractivity (Wildman–Crippen MR) is 117 cm³/mol. The molecule has 3 rings (SSSR count). The van der Waals surface area contributed by atoms with E-state index < -0.39 is 5.92 Å². The average molecular weight is 424 g/mol. The number of hydrogen-bond acceptors (Lipinski definition) is 4. The van der Waals surface area contributed by atoms with Crippen LogP contribution in [-0.4, -0.2) is 55.6 Å². The highest BCUT2D eigenvalue weighted by Gasteiger charge is 2.40. The molecule has 2 aliphatic heterocycles. The van der Waals surface area contributed by atoms with Crippen LogP contribution >= 0.6 is 12.4 Å². The number of nitrogens with two attached hydrogens (primary N) is 1. The molecular weight excluding hydrogens is 390 g/mol. The molecule has 2 fully saturated rings. The first-order valence-electron chi connectivity index (χ1n) is 10.5. The number of rotatable bonds is 7. The fourth-order valence-corrected chi connectivity index (χ4v) is 4.00. The summed E-state index contributed by atoms with van der Waals surface area (Å²) in [7, 11) is 0. The number of halogens is 1. The molecule has 29 heavy (non-hydrogen) atoms. The first kappa shape index (κ1) is 23.6. The van der Waals surface area contributed by atoms with Crippen LogP contribution in [0.3, 0.4) is 0 Å². The summed E-state index contributed by atoms with van der Waals surface area (Å²) in [5.74, 6) is -0.172. The lowest BCUT2D eigenvalue weighted by molar-refractivity contribution is -0.141. The van der Waals surface area contributed by atoms with Gasteiger partial charge in [-0.2, -0.15) is 0 Å². The Morgan fingerprint density at radius 1 is 1.14 bits per heavy atom. The lowest BCUT2D eigenvalue weighted by atomic mass is 10.0. The Morgan fingerprint density at radius 2 is 1.79 bits per heavy atom. The summed E-state index contributed by atoms with van der Waals surface area (Å²) in [6, 6.07) is 8.12. The van der Waals surface area contributed by atoms with Crippen LogP contribution in [0.1, 0.15) is 51.0 Å². The van der Waals surface area contributed by atoms with Gasteiger partial charge in [0.2, 0.25) is 11.8 Å². The van der Waals surface area contributed by atoms with Crippen molar-refractivity contribution in [3.8, 4) is 0 Å². The molecule has 2 heterocycles. The number of ether oxygens (including phenoxy) is 1. The first-order valence-corrected chi connectivity index (χ1v) is 10.5. The number of carbonyl (C=O) groups is 2. The lowest BCUT2D eigenvalue weighted by Crippen LogP contribution is -2.45. The molecule has 0 saturated carbocycles. The lowest BCUT2D eigenvalue weighted by Gasteiger charge is -2.33. The summed E-state index contributed by atoms with van der Waals surface area (Å²) in [6.07, 6.45) is 3.32. The molecule has 2 saturated heterocycles. The molecular formula is C22H34ClN3O3. The van der Waals surface area contributed by atoms with Crippen molar-refractivity contribution in [3.63, 3.8) is 0 Å². The molecule has 6 nitrogen and oxygen atoms in total. The van der Waals surface area contributed by atoms with Gasteiger partial charge in [0.1, 0.15) is 5.92 Å². The van der Waals surface area contributed by atoms with Gasteiger partial charge in [0, 0.05) is 31.9 Å². The van der Waals surface area contributed by atoms with Gasteiger partial charge in [0.25, 0.3) is 0 Å². The normalized spacial score (nSPS) is 20.3. The van der Waals surface area contributed by atoms with Gasteiger partial charge in [-0.15, -0.1) is 12.4 Å². The third-order valence-corrected chi connectivity index (χ3v) is 5.83. The molecule has 2 N–H and O–H groups in total. The van der Waals surface area contributed by atoms with E-state index in [4.69, 9.17) is 10.5 Å². The van der Waals surface area contributed by atoms with E-state index in [1.54, 1.807) is 4.90 Å². The van der Waals surface area contributed by atoms with E-state index in [0.29, 0.717) is 45.1 Å². The Morgan fingerprint density at radius 3 is 2.38 bits per heavy atom. The third-order valence-electron chi connectivity index (χ3n) is 5.83. The van der Waals surface area contributed by atoms with Crippen LogP contribution in [0.2, 0.25) is 0 Å². The van der Waals surface area contributed by atoms with E-state index in [0.717, 1.165) is 24.9 Å². The van der Waals surface area contributed by atoms with Gasteiger partial charge in [-0.25, -0.2) is 0 Å². The van der Waals surface area contributed by atoms with Crippen molar-refractivity contribution in [2.45, 2.75) is 51.6 Å². The molecule has 1 aromatic rings. The Labute approximate surface area is 180 Å². The number of benzene rings is 1. The molecule has 0 aromatic heterocycles. The largest absolute Gasteiger partial charge is 0.378 e. The van der Waals surface area contributed by atoms with E-state index in [-0.39, 0.29) is 30.3 Å². The van der Waals surface area contributed by atoms with Crippen LogP contribution < -0.4 is 10.6 Å². The molecule has 0 spiro atoms. The maximum absolute atomic E-state index is 12.9. The fourth-order valence-electron chi connectivity index (χ4n) is 4.00. The zero-order valence-corrected chi connectivity index (χ0v) is 18.3. The highest BCUT2D eigenvalue weighted by atomic mass is 35.5. The quantitative estimate of drug-likeness (QED) is 0.540. The number of nitrogens with zero attached hydrogens (tertiary/aromatic N) is 2. The van der Waals surface area contributed by atoms with Gasteiger partial charge in [-0.05, 0) is 55.8 Å². The minimum Gasteiger partial charge on any atom is -0.378 e. The van der Waals surface area contributed by atoms with Gasteiger partial charge in [0.05, 0.1) is 6.10 Å². The smallest absolute Gasteiger partial charge is 0.239 e. The zero-order valence-electron chi connectivity index (χ0n) is 17.5. The third kappa shape index (κ3) is 5.71. The molecule has 0 aliphatic carbocycles. The van der Waals surface area contributed by atoms with Crippen molar-refractivity contribution in [2.75, 3.05) is 37.7 Å². The molecule has 7 heteroatoms. The summed E-state index contributed by atoms with van der Waals surface area (Å²) >= 11 is 0. The molecule has 2 amide bonds. The highest BCUT2D eigenvalue weighted by Crippen LogP contribution is 2.29. The number of anilines is 1. The number of amides is 2. The number of carbonyl (C=O) groups excluding carboxylic acids is 2. The van der Waals surface area contributed by atoms with Gasteiger partial charge in [0.15, 0.2) is 0 Å². The predicted octanol–water partition coefficient (Wildman–Crippen LogP) is 2.94. The SMILES string of the molecule is CC(C)c1ccc(N2CCC(C(=O)N3CCC(OCCCN)CC3)C2=O)cc1.Cl. The summed E-state index contributed by atoms with van der Waals surface area (Å²) in [4.78, 5) is 29.4. The van der Waals surface area contributed by atoms with E-state index in [9.17, 15) is 9.59 Å². The van der Waals surface area contributed by atoms with Gasteiger partial charge >= 0.3 is 0 Å². The van der Waals surface area contributed by atoms with Crippen molar-refractivity contribution in [1.29, 1.82) is 0 Å². The van der Waals surface area contributed by atoms with Crippen molar-refractivity contribution < 1.29 is 14.3 Å². The van der Waals surface area contributed by atoms with Crippen molar-refractivity contribution in [1.82, 2.24) is 4.90 Å². The summed E-state index contributed by atoms with van der Waals surface area (Å²) in [6.45, 7) is 7.56. The van der Waals surface area contributed by atoms with Gasteiger partial charge in [-0.3, -0.25) is 9.59 Å². The van der Waals surface area contributed by atoms with Crippen LogP contribution in [0.15, 0.2) is 24.3 Å². The topological polar surface area (TPSA) is 75.9 Å². The summed E-state index contributed by atoms with van der Waals surface area (Å²) in [5, 5.41) is 0. The molecule has 1 unspecified atom stereocenters. The summed E-state index contributed by atoms with van der Waals surface area (Å²) in [5.41, 5.74) is 7.63. The van der Waals surface area contributed by atoms with E-state index in [1.165, 1.54) is 5.56 Å². The minimum absolute atomic E-state index is 0.